The van der Waals surface area contributed by atoms with Crippen molar-refractivity contribution in [1.82, 2.24) is 15.8 Å². The third-order valence-electron chi connectivity index (χ3n) is 10.3. The maximum absolute atomic E-state index is 15.6. The van der Waals surface area contributed by atoms with Gasteiger partial charge in [0.2, 0.25) is 5.91 Å². The molecule has 2 saturated carbocycles. The molecule has 0 bridgehead atoms. The van der Waals surface area contributed by atoms with Crippen molar-refractivity contribution in [3.8, 4) is 5.75 Å². The molecular formula is C30H37FN4O2. The average Bonchev–Trinajstić information content (AvgIpc) is 3.45. The lowest BCUT2D eigenvalue weighted by Crippen LogP contribution is -2.38. The average molecular weight is 505 g/mol. The maximum Gasteiger partial charge on any atom is 0.235 e. The number of anilines is 1. The number of benzene rings is 2. The number of ether oxygens (including phenoxy) is 1. The van der Waals surface area contributed by atoms with Crippen molar-refractivity contribution in [2.75, 3.05) is 32.6 Å². The van der Waals surface area contributed by atoms with Crippen LogP contribution in [-0.4, -0.2) is 44.1 Å². The van der Waals surface area contributed by atoms with Crippen molar-refractivity contribution in [3.63, 3.8) is 0 Å². The van der Waals surface area contributed by atoms with Crippen LogP contribution >= 0.6 is 0 Å². The van der Waals surface area contributed by atoms with Crippen molar-refractivity contribution < 1.29 is 13.9 Å². The zero-order valence-corrected chi connectivity index (χ0v) is 21.7. The van der Waals surface area contributed by atoms with Crippen LogP contribution in [0.4, 0.5) is 10.1 Å². The summed E-state index contributed by atoms with van der Waals surface area (Å²) >= 11 is 0. The Morgan fingerprint density at radius 1 is 1.05 bits per heavy atom. The molecule has 1 amide bonds. The molecule has 3 aliphatic heterocycles. The molecule has 4 fully saturated rings. The number of piperidine rings is 1. The number of nitrogens with one attached hydrogen (secondary N) is 3. The van der Waals surface area contributed by atoms with Crippen molar-refractivity contribution >= 4 is 11.6 Å². The van der Waals surface area contributed by atoms with Gasteiger partial charge in [0, 0.05) is 24.8 Å². The zero-order valence-electron chi connectivity index (χ0n) is 21.7. The molecule has 3 N–H and O–H groups in total. The minimum atomic E-state index is -1.21. The Kier molecular flexibility index (Phi) is 5.44. The summed E-state index contributed by atoms with van der Waals surface area (Å²) in [4.78, 5) is 15.3. The van der Waals surface area contributed by atoms with E-state index in [0.29, 0.717) is 36.6 Å². The fraction of sp³-hybridized carbons (Fsp3) is 0.567. The fourth-order valence-corrected chi connectivity index (χ4v) is 7.95. The highest BCUT2D eigenvalue weighted by Gasteiger charge is 2.67. The molecule has 196 valence electrons. The van der Waals surface area contributed by atoms with Crippen LogP contribution in [0.15, 0.2) is 42.5 Å². The molecule has 7 rings (SSSR count). The van der Waals surface area contributed by atoms with Crippen LogP contribution in [-0.2, 0) is 15.9 Å². The normalized spacial score (nSPS) is 36.2. The van der Waals surface area contributed by atoms with Gasteiger partial charge in [-0.2, -0.15) is 0 Å². The number of hydrazine groups is 1. The molecular weight excluding hydrogens is 467 g/mol. The van der Waals surface area contributed by atoms with Gasteiger partial charge in [0.15, 0.2) is 0 Å². The Morgan fingerprint density at radius 2 is 1.84 bits per heavy atom. The van der Waals surface area contributed by atoms with E-state index in [1.54, 1.807) is 7.11 Å². The van der Waals surface area contributed by atoms with Crippen LogP contribution in [0.3, 0.4) is 0 Å². The summed E-state index contributed by atoms with van der Waals surface area (Å²) in [6.45, 7) is 1.61. The first-order valence-corrected chi connectivity index (χ1v) is 13.9. The molecule has 2 aromatic carbocycles. The predicted molar refractivity (Wildman–Crippen MR) is 141 cm³/mol. The first-order valence-electron chi connectivity index (χ1n) is 13.9. The van der Waals surface area contributed by atoms with Gasteiger partial charge in [-0.05, 0) is 98.2 Å². The lowest BCUT2D eigenvalue weighted by molar-refractivity contribution is -0.118. The van der Waals surface area contributed by atoms with Gasteiger partial charge in [-0.3, -0.25) is 10.2 Å². The highest BCUT2D eigenvalue weighted by Crippen LogP contribution is 2.65. The number of amides is 1. The van der Waals surface area contributed by atoms with Crippen LogP contribution in [0.25, 0.3) is 0 Å². The molecule has 5 aliphatic rings. The zero-order chi connectivity index (χ0) is 25.4. The Morgan fingerprint density at radius 3 is 2.59 bits per heavy atom. The van der Waals surface area contributed by atoms with Crippen LogP contribution in [0, 0.1) is 17.8 Å². The molecule has 37 heavy (non-hydrogen) atoms. The van der Waals surface area contributed by atoms with Crippen LogP contribution in [0.1, 0.15) is 61.3 Å². The number of carbonyl (C=O) groups is 1. The Hall–Kier alpha value is -2.48. The summed E-state index contributed by atoms with van der Waals surface area (Å²) in [7, 11) is 3.74. The van der Waals surface area contributed by atoms with Crippen molar-refractivity contribution in [2.45, 2.75) is 61.7 Å². The van der Waals surface area contributed by atoms with Crippen LogP contribution in [0.2, 0.25) is 0 Å². The third-order valence-corrected chi connectivity index (χ3v) is 10.3. The van der Waals surface area contributed by atoms with Gasteiger partial charge < -0.3 is 15.0 Å². The van der Waals surface area contributed by atoms with E-state index in [1.165, 1.54) is 5.56 Å². The first kappa shape index (κ1) is 23.6. The Bertz CT molecular complexity index is 1210. The molecule has 4 unspecified atom stereocenters. The molecule has 2 saturated heterocycles. The van der Waals surface area contributed by atoms with E-state index in [2.05, 4.69) is 46.3 Å². The first-order chi connectivity index (χ1) is 17.9. The molecule has 0 aromatic heterocycles. The summed E-state index contributed by atoms with van der Waals surface area (Å²) in [5, 5.41) is 3.13. The van der Waals surface area contributed by atoms with Crippen LogP contribution < -0.4 is 20.9 Å². The van der Waals surface area contributed by atoms with Crippen molar-refractivity contribution in [1.29, 1.82) is 0 Å². The summed E-state index contributed by atoms with van der Waals surface area (Å²) in [6, 6.07) is 14.9. The molecule has 1 spiro atoms. The smallest absolute Gasteiger partial charge is 0.235 e. The number of fused-ring (bicyclic) bond motifs is 3. The number of hydrogen-bond acceptors (Lipinski definition) is 5. The number of methoxy groups -OCH3 is 1. The van der Waals surface area contributed by atoms with E-state index >= 15 is 4.39 Å². The minimum Gasteiger partial charge on any atom is -0.497 e. The van der Waals surface area contributed by atoms with Crippen LogP contribution in [0.5, 0.6) is 5.75 Å². The minimum absolute atomic E-state index is 0.161. The number of nitrogens with zero attached hydrogens (tertiary/aromatic N) is 1. The molecule has 3 heterocycles. The number of rotatable bonds is 4. The second-order valence-electron chi connectivity index (χ2n) is 12.1. The molecule has 6 nitrogen and oxygen atoms in total. The number of carbonyl (C=O) groups excluding carboxylic acids is 1. The Balaban J connectivity index is 1.03. The van der Waals surface area contributed by atoms with Gasteiger partial charge in [0.25, 0.3) is 0 Å². The van der Waals surface area contributed by atoms with E-state index < -0.39 is 5.67 Å². The monoisotopic (exact) mass is 504 g/mol. The second kappa shape index (κ2) is 8.52. The number of halogens is 1. The molecule has 2 aliphatic carbocycles. The summed E-state index contributed by atoms with van der Waals surface area (Å²) < 4.78 is 21.0. The third kappa shape index (κ3) is 3.65. The topological polar surface area (TPSA) is 65.6 Å². The van der Waals surface area contributed by atoms with Gasteiger partial charge in [-0.1, -0.05) is 24.3 Å². The summed E-state index contributed by atoms with van der Waals surface area (Å²) in [5.41, 5.74) is 9.69. The van der Waals surface area contributed by atoms with E-state index in [9.17, 15) is 4.79 Å². The van der Waals surface area contributed by atoms with E-state index in [1.807, 2.05) is 24.3 Å². The number of likely N-dealkylation sites (tertiary alicyclic amines) is 1. The lowest BCUT2D eigenvalue weighted by Gasteiger charge is -2.35. The van der Waals surface area contributed by atoms with Gasteiger partial charge in [-0.25, -0.2) is 9.82 Å². The number of alkyl halides is 1. The lowest BCUT2D eigenvalue weighted by atomic mass is 9.72. The number of hydrogen-bond donors (Lipinski definition) is 3. The standard InChI is InChI=1S/C30H37FN4O2/c1-35-13-11-29(31,12-14-35)20-6-3-18(4-7-20)27-22-9-5-19(15-26(22)33-34-27)24-17-30(24)23-16-21(37-2)8-10-25(23)32-28(30)36/h3-4,6-8,10,16,19,22,24,26-27,33-34H,5,9,11-15,17H2,1-2H3,(H,32,36)/t19?,22?,24-,26?,27?,30-/m0/s1. The highest BCUT2D eigenvalue weighted by atomic mass is 19.1. The van der Waals surface area contributed by atoms with Gasteiger partial charge >= 0.3 is 0 Å². The van der Waals surface area contributed by atoms with Gasteiger partial charge in [0.1, 0.15) is 11.4 Å². The molecule has 6 atom stereocenters. The van der Waals surface area contributed by atoms with E-state index in [-0.39, 0.29) is 17.4 Å². The van der Waals surface area contributed by atoms with Crippen molar-refractivity contribution in [2.24, 2.45) is 17.8 Å². The molecule has 2 aromatic rings. The SMILES string of the molecule is COc1ccc2c(c1)[C@]1(C[C@H]1C1CCC3C(C1)NNC3c1ccc(C3(F)CCN(C)CC3)cc1)C(=O)N2. The fourth-order valence-electron chi connectivity index (χ4n) is 7.95. The summed E-state index contributed by atoms with van der Waals surface area (Å²) in [5.74, 6) is 2.39. The molecule has 0 radical (unpaired) electrons. The second-order valence-corrected chi connectivity index (χ2v) is 12.1. The van der Waals surface area contributed by atoms with E-state index in [0.717, 1.165) is 61.3 Å². The quantitative estimate of drug-likeness (QED) is 0.575. The highest BCUT2D eigenvalue weighted by molar-refractivity contribution is 6.09. The van der Waals surface area contributed by atoms with Gasteiger partial charge in [-0.15, -0.1) is 0 Å². The molecule has 7 heteroatoms. The Labute approximate surface area is 218 Å². The van der Waals surface area contributed by atoms with Gasteiger partial charge in [0.05, 0.1) is 18.6 Å². The summed E-state index contributed by atoms with van der Waals surface area (Å²) in [6.07, 6.45) is 5.40. The maximum atomic E-state index is 15.6. The van der Waals surface area contributed by atoms with Crippen molar-refractivity contribution in [3.05, 3.63) is 59.2 Å². The predicted octanol–water partition coefficient (Wildman–Crippen LogP) is 4.43. The largest absolute Gasteiger partial charge is 0.497 e. The van der Waals surface area contributed by atoms with E-state index in [4.69, 9.17) is 4.74 Å².